The Kier molecular flexibility index (Phi) is 2.92. The van der Waals surface area contributed by atoms with E-state index in [0.29, 0.717) is 11.7 Å². The molecule has 0 unspecified atom stereocenters. The zero-order valence-corrected chi connectivity index (χ0v) is 10.2. The van der Waals surface area contributed by atoms with Gasteiger partial charge in [0.1, 0.15) is 0 Å². The summed E-state index contributed by atoms with van der Waals surface area (Å²) in [5.74, 6) is 1.30. The number of ether oxygens (including phenoxy) is 1. The van der Waals surface area contributed by atoms with Crippen LogP contribution in [-0.2, 0) is 4.74 Å². The summed E-state index contributed by atoms with van der Waals surface area (Å²) in [5.41, 5.74) is 1.01. The second-order valence-corrected chi connectivity index (χ2v) is 4.80. The molecule has 2 aromatic heterocycles. The van der Waals surface area contributed by atoms with Gasteiger partial charge < -0.3 is 14.6 Å². The molecule has 0 radical (unpaired) electrons. The van der Waals surface area contributed by atoms with Gasteiger partial charge in [-0.2, -0.15) is 16.3 Å². The summed E-state index contributed by atoms with van der Waals surface area (Å²) in [6.07, 6.45) is 1.11. The van der Waals surface area contributed by atoms with Crippen molar-refractivity contribution in [2.24, 2.45) is 0 Å². The molecule has 0 bridgehead atoms. The average Bonchev–Trinajstić information content (AvgIpc) is 3.09. The molecule has 0 aromatic carbocycles. The highest BCUT2D eigenvalue weighted by Gasteiger charge is 2.29. The van der Waals surface area contributed by atoms with Gasteiger partial charge >= 0.3 is 0 Å². The Hall–Kier alpha value is -1.24. The van der Waals surface area contributed by atoms with Gasteiger partial charge in [-0.3, -0.25) is 0 Å². The summed E-state index contributed by atoms with van der Waals surface area (Å²) >= 11 is 1.62. The molecule has 3 rings (SSSR count). The van der Waals surface area contributed by atoms with Crippen LogP contribution in [0.25, 0.3) is 11.4 Å². The quantitative estimate of drug-likeness (QED) is 0.902. The fourth-order valence-electron chi connectivity index (χ4n) is 1.96. The number of hydrogen-bond donors (Lipinski definition) is 1. The Morgan fingerprint density at radius 2 is 2.53 bits per heavy atom. The minimum atomic E-state index is 0.111. The maximum absolute atomic E-state index is 5.29. The van der Waals surface area contributed by atoms with Crippen LogP contribution in [0.2, 0.25) is 0 Å². The standard InChI is InChI=1S/C11H13N3O2S/c1-15-8-4-9(12-5-8)11-13-10(14-16-11)7-2-3-17-6-7/h2-3,6,8-9,12H,4-5H2,1H3/t8-,9+/m0/s1. The summed E-state index contributed by atoms with van der Waals surface area (Å²) < 4.78 is 10.6. The second-order valence-electron chi connectivity index (χ2n) is 4.02. The predicted octanol–water partition coefficient (Wildman–Crippen LogP) is 1.85. The normalized spacial score (nSPS) is 24.3. The summed E-state index contributed by atoms with van der Waals surface area (Å²) in [4.78, 5) is 4.41. The minimum absolute atomic E-state index is 0.111. The Balaban J connectivity index is 1.77. The lowest BCUT2D eigenvalue weighted by Crippen LogP contribution is -2.16. The lowest BCUT2D eigenvalue weighted by atomic mass is 10.2. The topological polar surface area (TPSA) is 60.2 Å². The number of nitrogens with one attached hydrogen (secondary N) is 1. The van der Waals surface area contributed by atoms with Gasteiger partial charge in [-0.1, -0.05) is 5.16 Å². The van der Waals surface area contributed by atoms with Crippen LogP contribution in [0.3, 0.4) is 0 Å². The van der Waals surface area contributed by atoms with Crippen molar-refractivity contribution in [1.82, 2.24) is 15.5 Å². The van der Waals surface area contributed by atoms with Crippen LogP contribution in [0.4, 0.5) is 0 Å². The van der Waals surface area contributed by atoms with E-state index in [1.807, 2.05) is 16.8 Å². The molecule has 90 valence electrons. The SMILES string of the molecule is CO[C@@H]1CN[C@@H](c2nc(-c3ccsc3)no2)C1. The number of methoxy groups -OCH3 is 1. The summed E-state index contributed by atoms with van der Waals surface area (Å²) in [7, 11) is 1.72. The molecule has 1 fully saturated rings. The first-order valence-electron chi connectivity index (χ1n) is 5.49. The Labute approximate surface area is 103 Å². The third kappa shape index (κ3) is 2.11. The molecule has 0 saturated carbocycles. The first kappa shape index (κ1) is 10.9. The van der Waals surface area contributed by atoms with Gasteiger partial charge in [-0.25, -0.2) is 0 Å². The number of nitrogens with zero attached hydrogens (tertiary/aromatic N) is 2. The smallest absolute Gasteiger partial charge is 0.244 e. The van der Waals surface area contributed by atoms with E-state index >= 15 is 0 Å². The van der Waals surface area contributed by atoms with Gasteiger partial charge in [0.2, 0.25) is 11.7 Å². The molecule has 2 aromatic rings. The third-order valence-electron chi connectivity index (χ3n) is 2.94. The molecule has 1 N–H and O–H groups in total. The van der Waals surface area contributed by atoms with Gasteiger partial charge in [0.25, 0.3) is 0 Å². The van der Waals surface area contributed by atoms with Crippen molar-refractivity contribution in [1.29, 1.82) is 0 Å². The van der Waals surface area contributed by atoms with Crippen molar-refractivity contribution < 1.29 is 9.26 Å². The molecule has 2 atom stereocenters. The van der Waals surface area contributed by atoms with Crippen LogP contribution in [0.5, 0.6) is 0 Å². The van der Waals surface area contributed by atoms with Crippen LogP contribution in [0.1, 0.15) is 18.4 Å². The van der Waals surface area contributed by atoms with E-state index in [9.17, 15) is 0 Å². The molecule has 6 heteroatoms. The van der Waals surface area contributed by atoms with E-state index in [4.69, 9.17) is 9.26 Å². The molecule has 3 heterocycles. The molecule has 1 saturated heterocycles. The number of thiophene rings is 1. The lowest BCUT2D eigenvalue weighted by molar-refractivity contribution is 0.116. The van der Waals surface area contributed by atoms with Gasteiger partial charge in [-0.05, 0) is 17.9 Å². The van der Waals surface area contributed by atoms with Crippen molar-refractivity contribution in [3.05, 3.63) is 22.7 Å². The fraction of sp³-hybridized carbons (Fsp3) is 0.455. The van der Waals surface area contributed by atoms with E-state index in [1.54, 1.807) is 18.4 Å². The van der Waals surface area contributed by atoms with Crippen LogP contribution in [0, 0.1) is 0 Å². The molecule has 1 aliphatic heterocycles. The van der Waals surface area contributed by atoms with E-state index in [0.717, 1.165) is 18.5 Å². The maximum Gasteiger partial charge on any atom is 0.244 e. The highest BCUT2D eigenvalue weighted by Crippen LogP contribution is 2.26. The largest absolute Gasteiger partial charge is 0.380 e. The van der Waals surface area contributed by atoms with E-state index < -0.39 is 0 Å². The minimum Gasteiger partial charge on any atom is -0.380 e. The highest BCUT2D eigenvalue weighted by atomic mass is 32.1. The van der Waals surface area contributed by atoms with Gasteiger partial charge in [0.15, 0.2) is 0 Å². The summed E-state index contributed by atoms with van der Waals surface area (Å²) in [6, 6.07) is 2.10. The fourth-order valence-corrected chi connectivity index (χ4v) is 2.59. The van der Waals surface area contributed by atoms with Crippen molar-refractivity contribution in [2.75, 3.05) is 13.7 Å². The first-order valence-corrected chi connectivity index (χ1v) is 6.43. The lowest BCUT2D eigenvalue weighted by Gasteiger charge is -2.04. The summed E-state index contributed by atoms with van der Waals surface area (Å²) in [5, 5.41) is 11.3. The van der Waals surface area contributed by atoms with Gasteiger partial charge in [0, 0.05) is 24.6 Å². The molecule has 0 spiro atoms. The van der Waals surface area contributed by atoms with E-state index in [2.05, 4.69) is 15.5 Å². The zero-order valence-electron chi connectivity index (χ0n) is 9.42. The zero-order chi connectivity index (χ0) is 11.7. The van der Waals surface area contributed by atoms with Crippen molar-refractivity contribution in [2.45, 2.75) is 18.6 Å². The van der Waals surface area contributed by atoms with Crippen LogP contribution in [0.15, 0.2) is 21.3 Å². The molecule has 17 heavy (non-hydrogen) atoms. The predicted molar refractivity (Wildman–Crippen MR) is 63.8 cm³/mol. The average molecular weight is 251 g/mol. The first-order chi connectivity index (χ1) is 8.36. The van der Waals surface area contributed by atoms with Crippen molar-refractivity contribution >= 4 is 11.3 Å². The molecular weight excluding hydrogens is 238 g/mol. The van der Waals surface area contributed by atoms with Crippen LogP contribution in [-0.4, -0.2) is 29.9 Å². The molecule has 0 aliphatic carbocycles. The Morgan fingerprint density at radius 1 is 1.59 bits per heavy atom. The van der Waals surface area contributed by atoms with Gasteiger partial charge in [0.05, 0.1) is 12.1 Å². The molecule has 5 nitrogen and oxygen atoms in total. The van der Waals surface area contributed by atoms with Crippen LogP contribution >= 0.6 is 11.3 Å². The van der Waals surface area contributed by atoms with Crippen molar-refractivity contribution in [3.8, 4) is 11.4 Å². The number of rotatable bonds is 3. The summed E-state index contributed by atoms with van der Waals surface area (Å²) in [6.45, 7) is 0.831. The van der Waals surface area contributed by atoms with Crippen LogP contribution < -0.4 is 5.32 Å². The van der Waals surface area contributed by atoms with E-state index in [1.165, 1.54) is 0 Å². The Morgan fingerprint density at radius 3 is 3.24 bits per heavy atom. The molecular formula is C11H13N3O2S. The Bertz CT molecular complexity index is 483. The maximum atomic E-state index is 5.29. The second kappa shape index (κ2) is 4.56. The third-order valence-corrected chi connectivity index (χ3v) is 3.63. The van der Waals surface area contributed by atoms with E-state index in [-0.39, 0.29) is 12.1 Å². The van der Waals surface area contributed by atoms with Crippen molar-refractivity contribution in [3.63, 3.8) is 0 Å². The highest BCUT2D eigenvalue weighted by molar-refractivity contribution is 7.08. The molecule has 0 amide bonds. The monoisotopic (exact) mass is 251 g/mol. The molecule has 1 aliphatic rings. The number of hydrogen-bond acceptors (Lipinski definition) is 6. The van der Waals surface area contributed by atoms with Gasteiger partial charge in [-0.15, -0.1) is 0 Å². The number of aromatic nitrogens is 2.